The summed E-state index contributed by atoms with van der Waals surface area (Å²) >= 11 is 0. The molecule has 5 fully saturated rings. The molecule has 0 aromatic carbocycles. The molecule has 0 radical (unpaired) electrons. The van der Waals surface area contributed by atoms with Crippen LogP contribution in [0.25, 0.3) is 0 Å². The van der Waals surface area contributed by atoms with Gasteiger partial charge < -0.3 is 29.2 Å². The number of hydrogen-bond acceptors (Lipinski definition) is 7. The van der Waals surface area contributed by atoms with Gasteiger partial charge in [-0.2, -0.15) is 0 Å². The quantitative estimate of drug-likeness (QED) is 0.471. The molecule has 0 aromatic heterocycles. The number of ketones is 1. The van der Waals surface area contributed by atoms with Crippen molar-refractivity contribution in [3.05, 3.63) is 11.6 Å². The summed E-state index contributed by atoms with van der Waals surface area (Å²) in [6.07, 6.45) is 8.05. The number of allylic oxidation sites excluding steroid dienone is 1. The Bertz CT molecular complexity index is 1080. The maximum atomic E-state index is 13.8. The largest absolute Gasteiger partial charge is 0.396 e. The van der Waals surface area contributed by atoms with Gasteiger partial charge in [-0.3, -0.25) is 4.79 Å². The zero-order chi connectivity index (χ0) is 29.1. The van der Waals surface area contributed by atoms with Gasteiger partial charge >= 0.3 is 0 Å². The molecule has 0 amide bonds. The molecule has 4 aliphatic carbocycles. The Morgan fingerprint density at radius 1 is 0.950 bits per heavy atom. The van der Waals surface area contributed by atoms with E-state index in [9.17, 15) is 15.0 Å². The lowest BCUT2D eigenvalue weighted by molar-refractivity contribution is -0.190. The summed E-state index contributed by atoms with van der Waals surface area (Å²) in [6.45, 7) is 16.8. The van der Waals surface area contributed by atoms with Gasteiger partial charge in [-0.15, -0.1) is 0 Å². The first kappa shape index (κ1) is 29.3. The number of rotatable bonds is 5. The van der Waals surface area contributed by atoms with Gasteiger partial charge in [0.1, 0.15) is 0 Å². The summed E-state index contributed by atoms with van der Waals surface area (Å²) in [7, 11) is 0. The molecule has 40 heavy (non-hydrogen) atoms. The molecular weight excluding hydrogens is 508 g/mol. The standard InChI is InChI=1S/C33H52O7/c1-19(18-34)9-10-27-32(8,40-29(4,5)39-27)26-12-14-33(36)21-15-23(35)22-16-24-25(38-28(2,3)37-24)17-30(22,6)20(21)11-13-31(26,33)7/h15,19-20,22,24-27,34,36H,9-14,16-18H2,1-8H3/t19-,20+,22+,24-,25+,26+,27-,30-,31-,32-,33-/m1/s1. The lowest BCUT2D eigenvalue weighted by Gasteiger charge is -2.60. The van der Waals surface area contributed by atoms with Crippen LogP contribution < -0.4 is 0 Å². The van der Waals surface area contributed by atoms with E-state index in [1.54, 1.807) is 0 Å². The molecule has 2 heterocycles. The second-order valence-corrected chi connectivity index (χ2v) is 15.8. The van der Waals surface area contributed by atoms with Crippen LogP contribution in [0.4, 0.5) is 0 Å². The molecule has 226 valence electrons. The highest BCUT2D eigenvalue weighted by Gasteiger charge is 2.71. The molecule has 11 atom stereocenters. The number of aliphatic hydroxyl groups is 2. The molecule has 0 unspecified atom stereocenters. The number of carbonyl (C=O) groups is 1. The van der Waals surface area contributed by atoms with E-state index in [0.29, 0.717) is 12.8 Å². The fourth-order valence-electron chi connectivity index (χ4n) is 10.5. The van der Waals surface area contributed by atoms with E-state index >= 15 is 0 Å². The smallest absolute Gasteiger partial charge is 0.164 e. The first-order valence-corrected chi connectivity index (χ1v) is 15.8. The van der Waals surface area contributed by atoms with Crippen LogP contribution in [0.1, 0.15) is 107 Å². The Hall–Kier alpha value is -0.830. The molecule has 0 aromatic rings. The van der Waals surface area contributed by atoms with Crippen LogP contribution in [0, 0.1) is 34.5 Å². The van der Waals surface area contributed by atoms with Crippen molar-refractivity contribution in [2.75, 3.05) is 6.61 Å². The third kappa shape index (κ3) is 4.08. The first-order valence-electron chi connectivity index (χ1n) is 15.8. The summed E-state index contributed by atoms with van der Waals surface area (Å²) < 4.78 is 25.8. The Balaban J connectivity index is 1.32. The van der Waals surface area contributed by atoms with Crippen molar-refractivity contribution in [3.63, 3.8) is 0 Å². The molecule has 0 spiro atoms. The minimum atomic E-state index is -1.06. The fourth-order valence-corrected chi connectivity index (χ4v) is 10.5. The molecule has 2 saturated heterocycles. The lowest BCUT2D eigenvalue weighted by Crippen LogP contribution is -2.62. The van der Waals surface area contributed by atoms with Crippen LogP contribution in [0.15, 0.2) is 11.6 Å². The second-order valence-electron chi connectivity index (χ2n) is 15.8. The van der Waals surface area contributed by atoms with Gasteiger partial charge in [0.05, 0.1) is 29.5 Å². The molecule has 2 N–H and O–H groups in total. The van der Waals surface area contributed by atoms with Crippen molar-refractivity contribution < 1.29 is 34.0 Å². The van der Waals surface area contributed by atoms with Crippen LogP contribution in [-0.2, 0) is 23.7 Å². The van der Waals surface area contributed by atoms with Gasteiger partial charge in [-0.25, -0.2) is 0 Å². The summed E-state index contributed by atoms with van der Waals surface area (Å²) in [4.78, 5) is 13.8. The fraction of sp³-hybridized carbons (Fsp3) is 0.909. The number of aliphatic hydroxyl groups excluding tert-OH is 1. The number of ether oxygens (including phenoxy) is 4. The summed E-state index contributed by atoms with van der Waals surface area (Å²) in [6, 6.07) is 0. The third-order valence-electron chi connectivity index (χ3n) is 12.4. The highest BCUT2D eigenvalue weighted by molar-refractivity contribution is 5.95. The van der Waals surface area contributed by atoms with E-state index in [0.717, 1.165) is 44.1 Å². The molecule has 6 aliphatic rings. The van der Waals surface area contributed by atoms with E-state index in [-0.39, 0.29) is 59.8 Å². The highest BCUT2D eigenvalue weighted by atomic mass is 16.8. The number of carbonyl (C=O) groups excluding carboxylic acids is 1. The molecule has 7 heteroatoms. The number of hydrogen-bond donors (Lipinski definition) is 2. The van der Waals surface area contributed by atoms with Gasteiger partial charge in [0.25, 0.3) is 0 Å². The predicted octanol–water partition coefficient (Wildman–Crippen LogP) is 5.31. The molecule has 0 bridgehead atoms. The van der Waals surface area contributed by atoms with Crippen LogP contribution in [0.2, 0.25) is 0 Å². The highest BCUT2D eigenvalue weighted by Crippen LogP contribution is 2.70. The maximum absolute atomic E-state index is 13.8. The van der Waals surface area contributed by atoms with E-state index in [1.807, 2.05) is 33.8 Å². The molecule has 6 rings (SSSR count). The summed E-state index contributed by atoms with van der Waals surface area (Å²) in [5.41, 5.74) is -1.38. The first-order chi connectivity index (χ1) is 18.5. The summed E-state index contributed by atoms with van der Waals surface area (Å²) in [5.74, 6) is -0.882. The SMILES string of the molecule is C[C@@H](CO)CC[C@H]1OC(C)(C)O[C@]1(C)[C@H]1CC[C@@]2(O)C3=CC(=O)[C@@H]4C[C@H]5OC(C)(C)O[C@H]5C[C@]4(C)[C@H]3CC[C@]12C. The van der Waals surface area contributed by atoms with Crippen molar-refractivity contribution in [3.8, 4) is 0 Å². The number of fused-ring (bicyclic) bond motifs is 6. The van der Waals surface area contributed by atoms with E-state index in [4.69, 9.17) is 18.9 Å². The third-order valence-corrected chi connectivity index (χ3v) is 12.4. The van der Waals surface area contributed by atoms with E-state index in [2.05, 4.69) is 27.7 Å². The zero-order valence-corrected chi connectivity index (χ0v) is 25.9. The second kappa shape index (κ2) is 9.09. The van der Waals surface area contributed by atoms with Crippen LogP contribution in [0.5, 0.6) is 0 Å². The molecule has 2 aliphatic heterocycles. The van der Waals surface area contributed by atoms with Crippen molar-refractivity contribution in [2.24, 2.45) is 34.5 Å². The van der Waals surface area contributed by atoms with E-state index < -0.39 is 28.2 Å². The Morgan fingerprint density at radius 2 is 1.65 bits per heavy atom. The summed E-state index contributed by atoms with van der Waals surface area (Å²) in [5, 5.41) is 22.4. The zero-order valence-electron chi connectivity index (χ0n) is 25.9. The van der Waals surface area contributed by atoms with Crippen LogP contribution in [0.3, 0.4) is 0 Å². The Kier molecular flexibility index (Phi) is 6.65. The van der Waals surface area contributed by atoms with E-state index in [1.165, 1.54) is 0 Å². The molecular formula is C33H52O7. The van der Waals surface area contributed by atoms with Crippen LogP contribution in [-0.4, -0.2) is 63.7 Å². The maximum Gasteiger partial charge on any atom is 0.164 e. The monoisotopic (exact) mass is 560 g/mol. The van der Waals surface area contributed by atoms with Crippen molar-refractivity contribution >= 4 is 5.78 Å². The average molecular weight is 561 g/mol. The van der Waals surface area contributed by atoms with Crippen molar-refractivity contribution in [1.29, 1.82) is 0 Å². The Morgan fingerprint density at radius 3 is 2.35 bits per heavy atom. The van der Waals surface area contributed by atoms with Gasteiger partial charge in [0.15, 0.2) is 17.4 Å². The molecule has 7 nitrogen and oxygen atoms in total. The van der Waals surface area contributed by atoms with Crippen molar-refractivity contribution in [2.45, 2.75) is 148 Å². The van der Waals surface area contributed by atoms with Crippen molar-refractivity contribution in [1.82, 2.24) is 0 Å². The predicted molar refractivity (Wildman–Crippen MR) is 150 cm³/mol. The minimum Gasteiger partial charge on any atom is -0.396 e. The van der Waals surface area contributed by atoms with Gasteiger partial charge in [0.2, 0.25) is 0 Å². The Labute approximate surface area is 240 Å². The van der Waals surface area contributed by atoms with Gasteiger partial charge in [-0.05, 0) is 121 Å². The van der Waals surface area contributed by atoms with Gasteiger partial charge in [0, 0.05) is 17.9 Å². The minimum absolute atomic E-state index is 0.0186. The van der Waals surface area contributed by atoms with Crippen LogP contribution >= 0.6 is 0 Å². The lowest BCUT2D eigenvalue weighted by atomic mass is 9.45. The molecule has 3 saturated carbocycles. The van der Waals surface area contributed by atoms with Gasteiger partial charge in [-0.1, -0.05) is 20.8 Å². The average Bonchev–Trinajstić information content (AvgIpc) is 3.40. The topological polar surface area (TPSA) is 94.5 Å². The normalized spacial score (nSPS) is 51.5.